The highest BCUT2D eigenvalue weighted by molar-refractivity contribution is 5.84. The summed E-state index contributed by atoms with van der Waals surface area (Å²) in [6, 6.07) is 19.4. The average molecular weight is 263 g/mol. The number of aryl methyl sites for hydroxylation is 1. The van der Waals surface area contributed by atoms with E-state index in [1.54, 1.807) is 0 Å². The van der Waals surface area contributed by atoms with E-state index in [2.05, 4.69) is 66.5 Å². The van der Waals surface area contributed by atoms with Crippen LogP contribution >= 0.6 is 0 Å². The summed E-state index contributed by atoms with van der Waals surface area (Å²) in [5, 5.41) is 1.40. The van der Waals surface area contributed by atoms with Crippen molar-refractivity contribution >= 4 is 10.9 Å². The molecule has 0 aliphatic carbocycles. The maximum atomic E-state index is 3.62. The third-order valence-corrected chi connectivity index (χ3v) is 3.91. The normalized spacial score (nSPS) is 11.1. The summed E-state index contributed by atoms with van der Waals surface area (Å²) in [7, 11) is 0. The minimum Gasteiger partial charge on any atom is -0.358 e. The first-order valence-electron chi connectivity index (χ1n) is 7.51. The smallest absolute Gasteiger partial charge is 0.0459 e. The van der Waals surface area contributed by atoms with Crippen LogP contribution in [0.5, 0.6) is 0 Å². The fraction of sp³-hybridized carbons (Fsp3) is 0.263. The topological polar surface area (TPSA) is 15.8 Å². The van der Waals surface area contributed by atoms with Crippen LogP contribution < -0.4 is 0 Å². The molecule has 0 radical (unpaired) electrons. The van der Waals surface area contributed by atoms with E-state index < -0.39 is 0 Å². The van der Waals surface area contributed by atoms with Crippen molar-refractivity contribution in [3.8, 4) is 0 Å². The molecule has 3 aromatic rings. The molecule has 0 aliphatic heterocycles. The molecule has 0 fully saturated rings. The Balaban J connectivity index is 2.00. The van der Waals surface area contributed by atoms with Gasteiger partial charge in [-0.2, -0.15) is 0 Å². The predicted molar refractivity (Wildman–Crippen MR) is 86.2 cm³/mol. The van der Waals surface area contributed by atoms with Crippen LogP contribution in [0.15, 0.2) is 54.6 Å². The Labute approximate surface area is 120 Å². The number of fused-ring (bicyclic) bond motifs is 1. The summed E-state index contributed by atoms with van der Waals surface area (Å²) in [6.45, 7) is 2.26. The maximum absolute atomic E-state index is 3.62. The van der Waals surface area contributed by atoms with Crippen molar-refractivity contribution in [2.75, 3.05) is 0 Å². The molecular weight excluding hydrogens is 242 g/mol. The quantitative estimate of drug-likeness (QED) is 0.659. The third-order valence-electron chi connectivity index (χ3n) is 3.91. The Morgan fingerprint density at radius 2 is 1.65 bits per heavy atom. The zero-order chi connectivity index (χ0) is 13.8. The van der Waals surface area contributed by atoms with Crippen molar-refractivity contribution in [3.05, 3.63) is 71.4 Å². The number of H-pyrrole nitrogens is 1. The van der Waals surface area contributed by atoms with Crippen LogP contribution in [0, 0.1) is 0 Å². The minimum absolute atomic E-state index is 0.995. The highest BCUT2D eigenvalue weighted by Crippen LogP contribution is 2.26. The van der Waals surface area contributed by atoms with Crippen LogP contribution in [0.2, 0.25) is 0 Å². The molecule has 1 heteroatoms. The number of hydrogen-bond donors (Lipinski definition) is 1. The van der Waals surface area contributed by atoms with E-state index >= 15 is 0 Å². The molecular formula is C19H21N. The van der Waals surface area contributed by atoms with E-state index in [4.69, 9.17) is 0 Å². The SMILES string of the molecule is CCCCc1c(Cc2ccccc2)[nH]c2ccccc12. The lowest BCUT2D eigenvalue weighted by Crippen LogP contribution is -1.94. The number of nitrogens with one attached hydrogen (secondary N) is 1. The first-order chi connectivity index (χ1) is 9.88. The molecule has 0 atom stereocenters. The van der Waals surface area contributed by atoms with Gasteiger partial charge in [-0.1, -0.05) is 61.9 Å². The van der Waals surface area contributed by atoms with E-state index in [-0.39, 0.29) is 0 Å². The highest BCUT2D eigenvalue weighted by Gasteiger charge is 2.10. The second kappa shape index (κ2) is 5.96. The molecule has 2 aromatic carbocycles. The summed E-state index contributed by atoms with van der Waals surface area (Å²) in [6.07, 6.45) is 4.66. The van der Waals surface area contributed by atoms with Gasteiger partial charge in [0.15, 0.2) is 0 Å². The molecule has 0 unspecified atom stereocenters. The van der Waals surface area contributed by atoms with Crippen molar-refractivity contribution in [3.63, 3.8) is 0 Å². The van der Waals surface area contributed by atoms with Crippen LogP contribution in [0.25, 0.3) is 10.9 Å². The van der Waals surface area contributed by atoms with E-state index in [9.17, 15) is 0 Å². The Morgan fingerprint density at radius 3 is 2.45 bits per heavy atom. The summed E-state index contributed by atoms with van der Waals surface area (Å²) < 4.78 is 0. The number of para-hydroxylation sites is 1. The maximum Gasteiger partial charge on any atom is 0.0459 e. The lowest BCUT2D eigenvalue weighted by Gasteiger charge is -2.05. The number of aromatic amines is 1. The second-order valence-corrected chi connectivity index (χ2v) is 5.39. The Bertz CT molecular complexity index is 679. The molecule has 0 spiro atoms. The van der Waals surface area contributed by atoms with Crippen LogP contribution in [0.1, 0.15) is 36.6 Å². The Morgan fingerprint density at radius 1 is 0.900 bits per heavy atom. The largest absolute Gasteiger partial charge is 0.358 e. The molecule has 102 valence electrons. The van der Waals surface area contributed by atoms with Gasteiger partial charge < -0.3 is 4.98 Å². The summed E-state index contributed by atoms with van der Waals surface area (Å²) in [5.74, 6) is 0. The summed E-state index contributed by atoms with van der Waals surface area (Å²) in [4.78, 5) is 3.62. The zero-order valence-corrected chi connectivity index (χ0v) is 12.0. The van der Waals surface area contributed by atoms with Crippen molar-refractivity contribution in [2.24, 2.45) is 0 Å². The standard InChI is InChI=1S/C19H21N/c1-2-3-11-17-16-12-7-8-13-18(16)20-19(17)14-15-9-5-4-6-10-15/h4-10,12-13,20H,2-3,11,14H2,1H3. The molecule has 1 N–H and O–H groups in total. The average Bonchev–Trinajstić information content (AvgIpc) is 2.83. The fourth-order valence-electron chi connectivity index (χ4n) is 2.85. The lowest BCUT2D eigenvalue weighted by atomic mass is 10.0. The first kappa shape index (κ1) is 13.0. The van der Waals surface area contributed by atoms with Gasteiger partial charge in [0.2, 0.25) is 0 Å². The Kier molecular flexibility index (Phi) is 3.87. The second-order valence-electron chi connectivity index (χ2n) is 5.39. The van der Waals surface area contributed by atoms with Gasteiger partial charge in [-0.25, -0.2) is 0 Å². The predicted octanol–water partition coefficient (Wildman–Crippen LogP) is 5.10. The molecule has 0 bridgehead atoms. The third kappa shape index (κ3) is 2.62. The van der Waals surface area contributed by atoms with Gasteiger partial charge in [0, 0.05) is 23.0 Å². The number of unbranched alkanes of at least 4 members (excludes halogenated alkanes) is 1. The molecule has 0 saturated carbocycles. The monoisotopic (exact) mass is 263 g/mol. The first-order valence-corrected chi connectivity index (χ1v) is 7.51. The molecule has 1 heterocycles. The summed E-state index contributed by atoms with van der Waals surface area (Å²) >= 11 is 0. The van der Waals surface area contributed by atoms with E-state index in [0.29, 0.717) is 0 Å². The van der Waals surface area contributed by atoms with Gasteiger partial charge in [-0.3, -0.25) is 0 Å². The van der Waals surface area contributed by atoms with Gasteiger partial charge in [0.25, 0.3) is 0 Å². The van der Waals surface area contributed by atoms with Gasteiger partial charge in [-0.15, -0.1) is 0 Å². The van der Waals surface area contributed by atoms with Gasteiger partial charge in [-0.05, 0) is 30.0 Å². The zero-order valence-electron chi connectivity index (χ0n) is 12.0. The van der Waals surface area contributed by atoms with Gasteiger partial charge >= 0.3 is 0 Å². The van der Waals surface area contributed by atoms with Crippen LogP contribution in [0.3, 0.4) is 0 Å². The van der Waals surface area contributed by atoms with Crippen LogP contribution in [-0.2, 0) is 12.8 Å². The van der Waals surface area contributed by atoms with Crippen molar-refractivity contribution in [1.29, 1.82) is 0 Å². The van der Waals surface area contributed by atoms with E-state index in [0.717, 1.165) is 6.42 Å². The van der Waals surface area contributed by atoms with Crippen LogP contribution in [-0.4, -0.2) is 4.98 Å². The number of aromatic nitrogens is 1. The Hall–Kier alpha value is -2.02. The van der Waals surface area contributed by atoms with Crippen molar-refractivity contribution in [1.82, 2.24) is 4.98 Å². The highest BCUT2D eigenvalue weighted by atomic mass is 14.7. The minimum atomic E-state index is 0.995. The molecule has 0 amide bonds. The van der Waals surface area contributed by atoms with E-state index in [1.807, 2.05) is 0 Å². The van der Waals surface area contributed by atoms with Gasteiger partial charge in [0.1, 0.15) is 0 Å². The van der Waals surface area contributed by atoms with Crippen molar-refractivity contribution < 1.29 is 0 Å². The molecule has 20 heavy (non-hydrogen) atoms. The van der Waals surface area contributed by atoms with Gasteiger partial charge in [0.05, 0.1) is 0 Å². The molecule has 1 aromatic heterocycles. The number of benzene rings is 2. The molecule has 0 aliphatic rings. The van der Waals surface area contributed by atoms with E-state index in [1.165, 1.54) is 47.0 Å². The number of hydrogen-bond acceptors (Lipinski definition) is 0. The molecule has 1 nitrogen and oxygen atoms in total. The molecule has 0 saturated heterocycles. The molecule has 3 rings (SSSR count). The lowest BCUT2D eigenvalue weighted by molar-refractivity contribution is 0.791. The number of rotatable bonds is 5. The van der Waals surface area contributed by atoms with Crippen molar-refractivity contribution in [2.45, 2.75) is 32.6 Å². The van der Waals surface area contributed by atoms with Crippen LogP contribution in [0.4, 0.5) is 0 Å². The summed E-state index contributed by atoms with van der Waals surface area (Å²) in [5.41, 5.74) is 5.53. The fourth-order valence-corrected chi connectivity index (χ4v) is 2.85.